The Labute approximate surface area is 92.6 Å². The highest BCUT2D eigenvalue weighted by Crippen LogP contribution is 2.16. The average molecular weight is 229 g/mol. The van der Waals surface area contributed by atoms with Crippen LogP contribution in [-0.4, -0.2) is 28.3 Å². The van der Waals surface area contributed by atoms with Crippen LogP contribution in [0.3, 0.4) is 0 Å². The molecule has 0 amide bonds. The molecule has 0 aromatic carbocycles. The fourth-order valence-electron chi connectivity index (χ4n) is 1.07. The second-order valence-electron chi connectivity index (χ2n) is 3.74. The predicted octanol–water partition coefficient (Wildman–Crippen LogP) is 1.23. The van der Waals surface area contributed by atoms with E-state index in [4.69, 9.17) is 5.11 Å². The van der Waals surface area contributed by atoms with Crippen LogP contribution in [0, 0.1) is 0 Å². The second-order valence-corrected chi connectivity index (χ2v) is 4.52. The van der Waals surface area contributed by atoms with Crippen molar-refractivity contribution in [2.45, 2.75) is 25.5 Å². The number of nitrogens with one attached hydrogen (secondary N) is 1. The minimum absolute atomic E-state index is 0.0271. The maximum Gasteiger partial charge on any atom is 0.336 e. The van der Waals surface area contributed by atoms with Gasteiger partial charge in [-0.1, -0.05) is 0 Å². The van der Waals surface area contributed by atoms with Gasteiger partial charge in [0, 0.05) is 12.6 Å². The van der Waals surface area contributed by atoms with E-state index >= 15 is 0 Å². The molecule has 0 radical (unpaired) electrons. The third kappa shape index (κ3) is 3.30. The van der Waals surface area contributed by atoms with Gasteiger partial charge >= 0.3 is 5.97 Å². The van der Waals surface area contributed by atoms with Crippen LogP contribution in [0.4, 0.5) is 0 Å². The number of carboxylic acid groups (broad SMARTS) is 1. The normalized spacial score (nSPS) is 17.0. The minimum Gasteiger partial charge on any atom is -0.479 e. The van der Waals surface area contributed by atoms with Crippen LogP contribution in [-0.2, 0) is 4.79 Å². The number of carboxylic acids is 1. The summed E-state index contributed by atoms with van der Waals surface area (Å²) in [5, 5.41) is 25.1. The number of hydrogen-bond donors (Lipinski definition) is 3. The summed E-state index contributed by atoms with van der Waals surface area (Å²) in [4.78, 5) is 10.6. The van der Waals surface area contributed by atoms with Crippen LogP contribution < -0.4 is 5.32 Å². The van der Waals surface area contributed by atoms with E-state index in [-0.39, 0.29) is 12.6 Å². The summed E-state index contributed by atoms with van der Waals surface area (Å²) in [6, 6.07) is 2.01. The Hall–Kier alpha value is -0.910. The molecule has 0 aliphatic carbocycles. The van der Waals surface area contributed by atoms with Crippen LogP contribution in [0.1, 0.15) is 25.5 Å². The highest BCUT2D eigenvalue weighted by atomic mass is 32.1. The van der Waals surface area contributed by atoms with Crippen molar-refractivity contribution < 1.29 is 15.0 Å². The van der Waals surface area contributed by atoms with Gasteiger partial charge in [0.1, 0.15) is 0 Å². The molecule has 15 heavy (non-hydrogen) atoms. The molecule has 0 saturated heterocycles. The lowest BCUT2D eigenvalue weighted by Gasteiger charge is -2.21. The van der Waals surface area contributed by atoms with Gasteiger partial charge in [0.05, 0.1) is 0 Å². The molecule has 2 atom stereocenters. The van der Waals surface area contributed by atoms with E-state index in [1.54, 1.807) is 11.3 Å². The van der Waals surface area contributed by atoms with Gasteiger partial charge in [-0.05, 0) is 36.2 Å². The Morgan fingerprint density at radius 3 is 2.87 bits per heavy atom. The predicted molar refractivity (Wildman–Crippen MR) is 59.0 cm³/mol. The van der Waals surface area contributed by atoms with E-state index in [1.165, 1.54) is 6.92 Å². The molecule has 3 N–H and O–H groups in total. The van der Waals surface area contributed by atoms with Gasteiger partial charge in [-0.2, -0.15) is 11.3 Å². The van der Waals surface area contributed by atoms with Crippen LogP contribution in [0.2, 0.25) is 0 Å². The standard InChI is InChI=1S/C10H15NO3S/c1-7(8-3-4-15-5-8)11-6-10(2,14)9(12)13/h3-5,7,11,14H,6H2,1-2H3,(H,12,13). The highest BCUT2D eigenvalue weighted by molar-refractivity contribution is 7.07. The van der Waals surface area contributed by atoms with Crippen LogP contribution in [0.5, 0.6) is 0 Å². The van der Waals surface area contributed by atoms with E-state index in [0.29, 0.717) is 0 Å². The van der Waals surface area contributed by atoms with E-state index in [2.05, 4.69) is 5.32 Å². The molecule has 0 saturated carbocycles. The number of carbonyl (C=O) groups is 1. The highest BCUT2D eigenvalue weighted by Gasteiger charge is 2.29. The maximum absolute atomic E-state index is 10.6. The fourth-order valence-corrected chi connectivity index (χ4v) is 1.82. The van der Waals surface area contributed by atoms with Crippen molar-refractivity contribution in [1.29, 1.82) is 0 Å². The SMILES string of the molecule is CC(NCC(C)(O)C(=O)O)c1ccsc1. The third-order valence-corrected chi connectivity index (χ3v) is 2.96. The molecule has 2 unspecified atom stereocenters. The number of aliphatic hydroxyl groups is 1. The first-order chi connectivity index (χ1) is 6.93. The van der Waals surface area contributed by atoms with Crippen LogP contribution in [0.15, 0.2) is 16.8 Å². The van der Waals surface area contributed by atoms with Gasteiger partial charge < -0.3 is 15.5 Å². The molecular formula is C10H15NO3S. The summed E-state index contributed by atoms with van der Waals surface area (Å²) in [7, 11) is 0. The zero-order valence-electron chi connectivity index (χ0n) is 8.73. The lowest BCUT2D eigenvalue weighted by Crippen LogP contribution is -2.45. The summed E-state index contributed by atoms with van der Waals surface area (Å²) in [6.07, 6.45) is 0. The van der Waals surface area contributed by atoms with Gasteiger partial charge in [0.25, 0.3) is 0 Å². The molecule has 0 spiro atoms. The van der Waals surface area contributed by atoms with Crippen molar-refractivity contribution >= 4 is 17.3 Å². The monoisotopic (exact) mass is 229 g/mol. The van der Waals surface area contributed by atoms with Crippen molar-refractivity contribution in [2.75, 3.05) is 6.54 Å². The quantitative estimate of drug-likeness (QED) is 0.710. The Morgan fingerprint density at radius 1 is 1.73 bits per heavy atom. The van der Waals surface area contributed by atoms with Crippen molar-refractivity contribution in [1.82, 2.24) is 5.32 Å². The van der Waals surface area contributed by atoms with Gasteiger partial charge in [-0.25, -0.2) is 4.79 Å². The van der Waals surface area contributed by atoms with Gasteiger partial charge in [0.15, 0.2) is 5.60 Å². The average Bonchev–Trinajstić information content (AvgIpc) is 2.66. The maximum atomic E-state index is 10.6. The van der Waals surface area contributed by atoms with Gasteiger partial charge in [0.2, 0.25) is 0 Å². The van der Waals surface area contributed by atoms with E-state index in [9.17, 15) is 9.90 Å². The molecule has 1 rings (SSSR count). The van der Waals surface area contributed by atoms with E-state index in [0.717, 1.165) is 5.56 Å². The lowest BCUT2D eigenvalue weighted by atomic mass is 10.1. The van der Waals surface area contributed by atoms with Crippen molar-refractivity contribution in [3.63, 3.8) is 0 Å². The molecule has 1 heterocycles. The molecule has 1 aromatic rings. The zero-order valence-corrected chi connectivity index (χ0v) is 9.54. The third-order valence-electron chi connectivity index (χ3n) is 2.26. The lowest BCUT2D eigenvalue weighted by molar-refractivity contribution is -0.156. The zero-order chi connectivity index (χ0) is 11.5. The largest absolute Gasteiger partial charge is 0.479 e. The van der Waals surface area contributed by atoms with Crippen molar-refractivity contribution in [3.8, 4) is 0 Å². The van der Waals surface area contributed by atoms with Crippen LogP contribution >= 0.6 is 11.3 Å². The number of hydrogen-bond acceptors (Lipinski definition) is 4. The molecule has 0 aliphatic heterocycles. The number of aliphatic carboxylic acids is 1. The van der Waals surface area contributed by atoms with Crippen molar-refractivity contribution in [3.05, 3.63) is 22.4 Å². The molecule has 0 bridgehead atoms. The number of thiophene rings is 1. The number of rotatable bonds is 5. The van der Waals surface area contributed by atoms with E-state index in [1.807, 2.05) is 23.8 Å². The van der Waals surface area contributed by atoms with Gasteiger partial charge in [-0.3, -0.25) is 0 Å². The summed E-state index contributed by atoms with van der Waals surface area (Å²) in [6.45, 7) is 3.24. The summed E-state index contributed by atoms with van der Waals surface area (Å²) in [5.41, 5.74) is -0.620. The fraction of sp³-hybridized carbons (Fsp3) is 0.500. The molecular weight excluding hydrogens is 214 g/mol. The first-order valence-corrected chi connectivity index (χ1v) is 5.59. The minimum atomic E-state index is -1.72. The van der Waals surface area contributed by atoms with Crippen LogP contribution in [0.25, 0.3) is 0 Å². The summed E-state index contributed by atoms with van der Waals surface area (Å²) < 4.78 is 0. The topological polar surface area (TPSA) is 69.6 Å². The van der Waals surface area contributed by atoms with Crippen molar-refractivity contribution in [2.24, 2.45) is 0 Å². The smallest absolute Gasteiger partial charge is 0.336 e. The first-order valence-electron chi connectivity index (χ1n) is 4.65. The Kier molecular flexibility index (Phi) is 3.84. The molecule has 0 aliphatic rings. The molecule has 1 aromatic heterocycles. The molecule has 4 nitrogen and oxygen atoms in total. The van der Waals surface area contributed by atoms with E-state index < -0.39 is 11.6 Å². The first kappa shape index (κ1) is 12.2. The molecule has 84 valence electrons. The molecule has 0 fully saturated rings. The Morgan fingerprint density at radius 2 is 2.40 bits per heavy atom. The Balaban J connectivity index is 2.47. The second kappa shape index (κ2) is 4.74. The summed E-state index contributed by atoms with van der Waals surface area (Å²) >= 11 is 1.59. The molecule has 5 heteroatoms. The van der Waals surface area contributed by atoms with Gasteiger partial charge in [-0.15, -0.1) is 0 Å². The Bertz CT molecular complexity index is 321. The summed E-state index contributed by atoms with van der Waals surface area (Å²) in [5.74, 6) is -1.22.